The van der Waals surface area contributed by atoms with E-state index >= 15 is 0 Å². The third-order valence-corrected chi connectivity index (χ3v) is 8.35. The number of aromatic nitrogens is 8. The molecule has 0 aliphatic rings. The van der Waals surface area contributed by atoms with Crippen LogP contribution in [0.5, 0.6) is 0 Å². The first-order valence-corrected chi connectivity index (χ1v) is 17.8. The Morgan fingerprint density at radius 2 is 0.879 bits per heavy atom. The van der Waals surface area contributed by atoms with Crippen molar-refractivity contribution < 1.29 is 33.6 Å². The molecule has 0 spiro atoms. The van der Waals surface area contributed by atoms with Crippen LogP contribution in [0.1, 0.15) is 64.5 Å². The molecule has 0 bridgehead atoms. The van der Waals surface area contributed by atoms with Crippen LogP contribution in [0.15, 0.2) is 43.1 Å². The van der Waals surface area contributed by atoms with E-state index in [1.54, 1.807) is 69.8 Å². The molecule has 0 fully saturated rings. The summed E-state index contributed by atoms with van der Waals surface area (Å²) >= 11 is 0. The van der Waals surface area contributed by atoms with E-state index < -0.39 is 35.4 Å². The van der Waals surface area contributed by atoms with E-state index in [1.165, 1.54) is 38.4 Å². The lowest BCUT2D eigenvalue weighted by atomic mass is 10.3. The molecule has 306 valence electrons. The fraction of sp³-hybridized carbons (Fsp3) is 0.314. The fourth-order valence-electron chi connectivity index (χ4n) is 5.58. The first-order chi connectivity index (χ1) is 27.5. The molecule has 23 heteroatoms. The molecule has 0 saturated carbocycles. The topological polar surface area (TPSA) is 293 Å². The highest BCUT2D eigenvalue weighted by Crippen LogP contribution is 2.21. The fourth-order valence-corrected chi connectivity index (χ4v) is 5.58. The van der Waals surface area contributed by atoms with Crippen molar-refractivity contribution in [2.75, 3.05) is 44.2 Å². The van der Waals surface area contributed by atoms with Gasteiger partial charge in [0.1, 0.15) is 17.5 Å². The van der Waals surface area contributed by atoms with E-state index in [9.17, 15) is 33.6 Å². The van der Waals surface area contributed by atoms with Crippen molar-refractivity contribution in [3.63, 3.8) is 0 Å². The Labute approximate surface area is 330 Å². The van der Waals surface area contributed by atoms with Gasteiger partial charge in [-0.15, -0.1) is 0 Å². The van der Waals surface area contributed by atoms with Crippen molar-refractivity contribution in [2.45, 2.75) is 32.6 Å². The molecule has 58 heavy (non-hydrogen) atoms. The van der Waals surface area contributed by atoms with Crippen LogP contribution in [-0.4, -0.2) is 85.7 Å². The molecule has 0 aliphatic heterocycles. The summed E-state index contributed by atoms with van der Waals surface area (Å²) in [6.45, 7) is 2.20. The molecule has 0 unspecified atom stereocenters. The van der Waals surface area contributed by atoms with Gasteiger partial charge in [-0.2, -0.15) is 0 Å². The lowest BCUT2D eigenvalue weighted by Crippen LogP contribution is -2.25. The van der Waals surface area contributed by atoms with Gasteiger partial charge >= 0.3 is 0 Å². The Morgan fingerprint density at radius 1 is 0.500 bits per heavy atom. The third-order valence-electron chi connectivity index (χ3n) is 8.35. The molecule has 0 radical (unpaired) electrons. The molecule has 0 aliphatic carbocycles. The average Bonchev–Trinajstić information content (AvgIpc) is 3.95. The summed E-state index contributed by atoms with van der Waals surface area (Å²) in [6.07, 6.45) is 6.94. The predicted octanol–water partition coefficient (Wildman–Crippen LogP) is 1.12. The average molecular weight is 801 g/mol. The third kappa shape index (κ3) is 10.5. The molecule has 7 amide bonds. The highest BCUT2D eigenvalue weighted by Gasteiger charge is 2.20. The van der Waals surface area contributed by atoms with Crippen molar-refractivity contribution >= 4 is 81.8 Å². The zero-order chi connectivity index (χ0) is 42.3. The minimum absolute atomic E-state index is 0.0301. The summed E-state index contributed by atoms with van der Waals surface area (Å²) in [6, 6.07) is 3.08. The van der Waals surface area contributed by atoms with Gasteiger partial charge in [-0.1, -0.05) is 0 Å². The number of nitrogens with one attached hydrogen (secondary N) is 7. The number of nitrogens with two attached hydrogens (primary N) is 1. The molecule has 5 rings (SSSR count). The molecule has 9 N–H and O–H groups in total. The van der Waals surface area contributed by atoms with Crippen LogP contribution in [0.25, 0.3) is 0 Å². The van der Waals surface area contributed by atoms with E-state index in [0.717, 1.165) is 0 Å². The highest BCUT2D eigenvalue weighted by molar-refractivity contribution is 6.04. The van der Waals surface area contributed by atoms with Crippen LogP contribution in [-0.2, 0) is 54.4 Å². The number of hydrogen-bond acceptors (Lipinski definition) is 11. The molecule has 5 aromatic heterocycles. The maximum Gasteiger partial charge on any atom is 0.291 e. The van der Waals surface area contributed by atoms with E-state index in [-0.39, 0.29) is 66.5 Å². The van der Waals surface area contributed by atoms with Crippen molar-refractivity contribution in [3.8, 4) is 0 Å². The zero-order valence-corrected chi connectivity index (χ0v) is 32.6. The number of anilines is 7. The van der Waals surface area contributed by atoms with Crippen LogP contribution in [0.2, 0.25) is 0 Å². The maximum absolute atomic E-state index is 13.1. The van der Waals surface area contributed by atoms with Crippen molar-refractivity contribution in [1.82, 2.24) is 43.1 Å². The molecule has 0 atom stereocenters. The summed E-state index contributed by atoms with van der Waals surface area (Å²) in [5, 5.41) is 18.6. The molecule has 0 aromatic carbocycles. The first-order valence-electron chi connectivity index (χ1n) is 17.8. The Bertz CT molecular complexity index is 2390. The zero-order valence-electron chi connectivity index (χ0n) is 32.6. The van der Waals surface area contributed by atoms with E-state index in [4.69, 9.17) is 5.73 Å². The summed E-state index contributed by atoms with van der Waals surface area (Å²) in [5.74, 6) is -1.95. The highest BCUT2D eigenvalue weighted by atomic mass is 16.2. The number of aryl methyl sites for hydroxylation is 5. The predicted molar refractivity (Wildman–Crippen MR) is 212 cm³/mol. The van der Waals surface area contributed by atoms with E-state index in [0.29, 0.717) is 29.6 Å². The molecule has 5 heterocycles. The van der Waals surface area contributed by atoms with Crippen LogP contribution < -0.4 is 43.0 Å². The molecule has 5 aromatic rings. The Hall–Kier alpha value is -7.72. The number of nitrogen functional groups attached to an aromatic ring is 1. The minimum atomic E-state index is -0.602. The van der Waals surface area contributed by atoms with Crippen molar-refractivity contribution in [2.24, 2.45) is 35.2 Å². The van der Waals surface area contributed by atoms with Crippen LogP contribution in [0.3, 0.4) is 0 Å². The number of nitrogens with zero attached hydrogens (tertiary/aromatic N) is 8. The minimum Gasteiger partial charge on any atom is -0.382 e. The summed E-state index contributed by atoms with van der Waals surface area (Å²) in [7, 11) is 8.15. The van der Waals surface area contributed by atoms with Crippen molar-refractivity contribution in [1.29, 1.82) is 0 Å². The van der Waals surface area contributed by atoms with Gasteiger partial charge in [0.05, 0.1) is 11.4 Å². The lowest BCUT2D eigenvalue weighted by molar-refractivity contribution is -0.121. The largest absolute Gasteiger partial charge is 0.382 e. The van der Waals surface area contributed by atoms with Gasteiger partial charge in [0.25, 0.3) is 17.7 Å². The number of hydrogen-bond donors (Lipinski definition) is 8. The number of imidazole rings is 3. The second-order valence-corrected chi connectivity index (χ2v) is 13.1. The van der Waals surface area contributed by atoms with E-state index in [1.807, 2.05) is 0 Å². The number of carbonyl (C=O) groups is 7. The molecular weight excluding hydrogens is 756 g/mol. The second kappa shape index (κ2) is 17.8. The van der Waals surface area contributed by atoms with Gasteiger partial charge in [-0.25, -0.2) is 15.0 Å². The SMILES string of the molecule is CCNC(=O)c1nc(NC(=O)CCC(=O)Nc2cc(NC(=O)c3nc(NC(=O)CCC(=O)Nc4cc(NC(=O)c5nc(N)cn5C)cn4C)cn3C)cn2C)cn1C. The van der Waals surface area contributed by atoms with Gasteiger partial charge < -0.3 is 65.8 Å². The summed E-state index contributed by atoms with van der Waals surface area (Å²) in [4.78, 5) is 100. The lowest BCUT2D eigenvalue weighted by Gasteiger charge is -2.06. The monoisotopic (exact) mass is 800 g/mol. The van der Waals surface area contributed by atoms with Crippen LogP contribution >= 0.6 is 0 Å². The Balaban J connectivity index is 1.05. The van der Waals surface area contributed by atoms with Gasteiger partial charge in [0.2, 0.25) is 41.1 Å². The van der Waals surface area contributed by atoms with Gasteiger partial charge in [0.15, 0.2) is 11.6 Å². The molecule has 23 nitrogen and oxygen atoms in total. The Kier molecular flexibility index (Phi) is 12.7. The standard InChI is InChI=1S/C35H44N16O7/c1-7-37-33(56)30-43-22(17-50(30)5)41-26(52)8-10-28(54)46-25-13-20(15-48(25)3)39-35(58)32-44-23(18-51(32)6)42-27(53)9-11-29(55)45-24-12-19(14-47(24)2)38-34(57)31-40-21(36)16-49(31)4/h12-18H,7-11,36H2,1-6H3,(H,37,56)(H,38,57)(H,39,58)(H,41,52)(H,42,53)(H,45,55)(H,46,54). The summed E-state index contributed by atoms with van der Waals surface area (Å²) < 4.78 is 7.54. The number of amides is 7. The number of rotatable bonds is 16. The Morgan fingerprint density at radius 3 is 1.28 bits per heavy atom. The van der Waals surface area contributed by atoms with Crippen LogP contribution in [0.4, 0.5) is 40.5 Å². The normalized spacial score (nSPS) is 10.8. The summed E-state index contributed by atoms with van der Waals surface area (Å²) in [5.41, 5.74) is 6.39. The smallest absolute Gasteiger partial charge is 0.291 e. The molecular formula is C35H44N16O7. The van der Waals surface area contributed by atoms with Gasteiger partial charge in [-0.3, -0.25) is 33.6 Å². The maximum atomic E-state index is 13.1. The van der Waals surface area contributed by atoms with Crippen molar-refractivity contribution in [3.05, 3.63) is 60.6 Å². The number of carbonyl (C=O) groups excluding carboxylic acids is 7. The van der Waals surface area contributed by atoms with Crippen LogP contribution in [0, 0.1) is 0 Å². The second-order valence-electron chi connectivity index (χ2n) is 13.1. The first kappa shape index (κ1) is 41.4. The quantitative estimate of drug-likeness (QED) is 0.0700. The van der Waals surface area contributed by atoms with E-state index in [2.05, 4.69) is 52.2 Å². The molecule has 0 saturated heterocycles. The van der Waals surface area contributed by atoms with Gasteiger partial charge in [0, 0.05) is 111 Å². The van der Waals surface area contributed by atoms with Gasteiger partial charge in [-0.05, 0) is 6.92 Å².